The second-order valence-corrected chi connectivity index (χ2v) is 6.00. The first kappa shape index (κ1) is 20.7. The molecule has 0 aliphatic rings. The molecule has 0 spiro atoms. The van der Waals surface area contributed by atoms with Crippen molar-refractivity contribution in [1.29, 1.82) is 0 Å². The van der Waals surface area contributed by atoms with E-state index in [2.05, 4.69) is 10.5 Å². The maximum absolute atomic E-state index is 12.4. The van der Waals surface area contributed by atoms with Crippen LogP contribution in [0.4, 0.5) is 0 Å². The maximum atomic E-state index is 12.4. The lowest BCUT2D eigenvalue weighted by Crippen LogP contribution is -2.18. The van der Waals surface area contributed by atoms with Crippen molar-refractivity contribution in [2.75, 3.05) is 21.3 Å². The van der Waals surface area contributed by atoms with Crippen LogP contribution in [-0.2, 0) is 4.74 Å². The Labute approximate surface area is 173 Å². The largest absolute Gasteiger partial charge is 0.497 e. The molecular weight excluding hydrogens is 388 g/mol. The molecule has 1 aromatic heterocycles. The van der Waals surface area contributed by atoms with Crippen molar-refractivity contribution in [3.63, 3.8) is 0 Å². The van der Waals surface area contributed by atoms with Gasteiger partial charge in [0.2, 0.25) is 0 Å². The van der Waals surface area contributed by atoms with Crippen LogP contribution < -0.4 is 14.9 Å². The van der Waals surface area contributed by atoms with Gasteiger partial charge in [0.15, 0.2) is 0 Å². The molecule has 3 aromatic rings. The highest BCUT2D eigenvalue weighted by atomic mass is 16.5. The third-order valence-corrected chi connectivity index (χ3v) is 4.24. The summed E-state index contributed by atoms with van der Waals surface area (Å²) in [4.78, 5) is 24.3. The third-order valence-electron chi connectivity index (χ3n) is 4.24. The minimum absolute atomic E-state index is 0.308. The number of carbonyl (C=O) groups is 2. The molecule has 0 saturated heterocycles. The molecule has 0 bridgehead atoms. The summed E-state index contributed by atoms with van der Waals surface area (Å²) in [5, 5.41) is 3.92. The summed E-state index contributed by atoms with van der Waals surface area (Å²) in [6, 6.07) is 15.2. The van der Waals surface area contributed by atoms with E-state index in [0.717, 1.165) is 0 Å². The molecule has 0 aliphatic heterocycles. The van der Waals surface area contributed by atoms with Crippen LogP contribution in [0.1, 0.15) is 26.5 Å². The molecule has 30 heavy (non-hydrogen) atoms. The second-order valence-electron chi connectivity index (χ2n) is 6.00. The van der Waals surface area contributed by atoms with E-state index in [1.165, 1.54) is 27.5 Å². The summed E-state index contributed by atoms with van der Waals surface area (Å²) < 4.78 is 20.9. The van der Waals surface area contributed by atoms with Crippen molar-refractivity contribution in [3.05, 3.63) is 71.5 Å². The zero-order valence-corrected chi connectivity index (χ0v) is 16.7. The van der Waals surface area contributed by atoms with E-state index in [4.69, 9.17) is 18.6 Å². The Balaban J connectivity index is 1.73. The number of hydrogen-bond donors (Lipinski definition) is 1. The number of amides is 1. The van der Waals surface area contributed by atoms with Crippen molar-refractivity contribution in [2.24, 2.45) is 5.10 Å². The number of methoxy groups -OCH3 is 3. The minimum atomic E-state index is -0.460. The van der Waals surface area contributed by atoms with E-state index < -0.39 is 11.9 Å². The number of nitrogens with zero attached hydrogens (tertiary/aromatic N) is 1. The molecule has 1 heterocycles. The molecule has 2 aromatic carbocycles. The van der Waals surface area contributed by atoms with Crippen LogP contribution in [0.15, 0.2) is 64.1 Å². The molecule has 0 fully saturated rings. The fourth-order valence-corrected chi connectivity index (χ4v) is 2.75. The Morgan fingerprint density at radius 3 is 2.50 bits per heavy atom. The maximum Gasteiger partial charge on any atom is 0.338 e. The van der Waals surface area contributed by atoms with Gasteiger partial charge in [-0.2, -0.15) is 5.10 Å². The lowest BCUT2D eigenvalue weighted by Gasteiger charge is -2.08. The van der Waals surface area contributed by atoms with Crippen LogP contribution in [0, 0.1) is 0 Å². The topological polar surface area (TPSA) is 99.4 Å². The summed E-state index contributed by atoms with van der Waals surface area (Å²) in [6.45, 7) is 0. The lowest BCUT2D eigenvalue weighted by molar-refractivity contribution is 0.0601. The van der Waals surface area contributed by atoms with Crippen LogP contribution >= 0.6 is 0 Å². The van der Waals surface area contributed by atoms with Crippen LogP contribution in [-0.4, -0.2) is 39.4 Å². The highest BCUT2D eigenvalue weighted by Gasteiger charge is 2.15. The van der Waals surface area contributed by atoms with Crippen molar-refractivity contribution in [2.45, 2.75) is 0 Å². The smallest absolute Gasteiger partial charge is 0.338 e. The van der Waals surface area contributed by atoms with E-state index in [1.54, 1.807) is 54.6 Å². The van der Waals surface area contributed by atoms with Crippen LogP contribution in [0.3, 0.4) is 0 Å². The van der Waals surface area contributed by atoms with E-state index >= 15 is 0 Å². The molecule has 0 radical (unpaired) electrons. The summed E-state index contributed by atoms with van der Waals surface area (Å²) in [5.74, 6) is 0.891. The summed E-state index contributed by atoms with van der Waals surface area (Å²) in [6.07, 6.45) is 1.36. The Morgan fingerprint density at radius 2 is 1.77 bits per heavy atom. The number of ether oxygens (including phenoxy) is 3. The first-order valence-electron chi connectivity index (χ1n) is 8.90. The summed E-state index contributed by atoms with van der Waals surface area (Å²) in [7, 11) is 4.31. The van der Waals surface area contributed by atoms with Crippen molar-refractivity contribution >= 4 is 18.1 Å². The molecule has 8 heteroatoms. The molecule has 154 valence electrons. The minimum Gasteiger partial charge on any atom is -0.497 e. The zero-order chi connectivity index (χ0) is 21.5. The molecular formula is C22H20N2O6. The number of carbonyl (C=O) groups excluding carboxylic acids is 2. The number of nitrogens with one attached hydrogen (secondary N) is 1. The Bertz CT molecular complexity index is 1090. The van der Waals surface area contributed by atoms with Gasteiger partial charge in [0, 0.05) is 11.6 Å². The van der Waals surface area contributed by atoms with Gasteiger partial charge in [-0.15, -0.1) is 0 Å². The number of benzene rings is 2. The van der Waals surface area contributed by atoms with Gasteiger partial charge in [0.05, 0.1) is 38.7 Å². The van der Waals surface area contributed by atoms with E-state index in [1.807, 2.05) is 0 Å². The Morgan fingerprint density at radius 1 is 0.967 bits per heavy atom. The van der Waals surface area contributed by atoms with Gasteiger partial charge in [-0.1, -0.05) is 18.2 Å². The molecule has 0 unspecified atom stereocenters. The van der Waals surface area contributed by atoms with E-state index in [0.29, 0.717) is 39.7 Å². The Hall–Kier alpha value is -4.07. The highest BCUT2D eigenvalue weighted by Crippen LogP contribution is 2.26. The van der Waals surface area contributed by atoms with E-state index in [-0.39, 0.29) is 0 Å². The van der Waals surface area contributed by atoms with Crippen molar-refractivity contribution < 1.29 is 28.2 Å². The average Bonchev–Trinajstić information content (AvgIpc) is 3.26. The number of furan rings is 1. The molecule has 1 N–H and O–H groups in total. The summed E-state index contributed by atoms with van der Waals surface area (Å²) in [5.41, 5.74) is 3.71. The standard InChI is InChI=1S/C22H20N2O6/c1-27-14-8-10-18(20(12-14)28-2)21(25)24-23-13-15-9-11-19(30-15)16-6-4-5-7-17(16)22(26)29-3/h4-13H,1-3H3,(H,24,25). The second kappa shape index (κ2) is 9.42. The highest BCUT2D eigenvalue weighted by molar-refractivity contribution is 5.98. The monoisotopic (exact) mass is 408 g/mol. The predicted octanol–water partition coefficient (Wildman–Crippen LogP) is 3.51. The van der Waals surface area contributed by atoms with E-state index in [9.17, 15) is 9.59 Å². The van der Waals surface area contributed by atoms with Crippen LogP contribution in [0.2, 0.25) is 0 Å². The zero-order valence-electron chi connectivity index (χ0n) is 16.7. The molecule has 8 nitrogen and oxygen atoms in total. The van der Waals surface area contributed by atoms with Crippen molar-refractivity contribution in [3.8, 4) is 22.8 Å². The number of hydrazone groups is 1. The average molecular weight is 408 g/mol. The number of esters is 1. The van der Waals surface area contributed by atoms with Gasteiger partial charge >= 0.3 is 5.97 Å². The normalized spacial score (nSPS) is 10.6. The predicted molar refractivity (Wildman–Crippen MR) is 110 cm³/mol. The molecule has 0 aliphatic carbocycles. The first-order chi connectivity index (χ1) is 14.6. The number of rotatable bonds is 7. The number of hydrogen-bond acceptors (Lipinski definition) is 7. The van der Waals surface area contributed by atoms with Gasteiger partial charge in [0.25, 0.3) is 5.91 Å². The Kier molecular flexibility index (Phi) is 6.49. The molecule has 3 rings (SSSR count). The molecule has 0 saturated carbocycles. The van der Waals surface area contributed by atoms with Gasteiger partial charge < -0.3 is 18.6 Å². The quantitative estimate of drug-likeness (QED) is 0.365. The summed E-state index contributed by atoms with van der Waals surface area (Å²) >= 11 is 0. The molecule has 0 atom stereocenters. The fraction of sp³-hybridized carbons (Fsp3) is 0.136. The van der Waals surface area contributed by atoms with Crippen molar-refractivity contribution in [1.82, 2.24) is 5.43 Å². The fourth-order valence-electron chi connectivity index (χ4n) is 2.75. The van der Waals surface area contributed by atoms with Gasteiger partial charge in [-0.3, -0.25) is 4.79 Å². The SMILES string of the molecule is COC(=O)c1ccccc1-c1ccc(C=NNC(=O)c2ccc(OC)cc2OC)o1. The van der Waals surface area contributed by atoms with Crippen LogP contribution in [0.25, 0.3) is 11.3 Å². The van der Waals surface area contributed by atoms with Crippen LogP contribution in [0.5, 0.6) is 11.5 Å². The lowest BCUT2D eigenvalue weighted by atomic mass is 10.1. The third kappa shape index (κ3) is 4.49. The molecule has 1 amide bonds. The van der Waals surface area contributed by atoms with Gasteiger partial charge in [-0.05, 0) is 30.3 Å². The first-order valence-corrected chi connectivity index (χ1v) is 8.90. The van der Waals surface area contributed by atoms with Gasteiger partial charge in [0.1, 0.15) is 23.0 Å². The van der Waals surface area contributed by atoms with Gasteiger partial charge in [-0.25, -0.2) is 10.2 Å².